The third kappa shape index (κ3) is 2.81. The van der Waals surface area contributed by atoms with Gasteiger partial charge in [-0.15, -0.1) is 0 Å². The lowest BCUT2D eigenvalue weighted by molar-refractivity contribution is -0.137. The van der Waals surface area contributed by atoms with Crippen molar-refractivity contribution in [1.29, 1.82) is 0 Å². The van der Waals surface area contributed by atoms with Crippen molar-refractivity contribution in [3.63, 3.8) is 0 Å². The van der Waals surface area contributed by atoms with Gasteiger partial charge >= 0.3 is 6.18 Å². The van der Waals surface area contributed by atoms with Gasteiger partial charge in [-0.05, 0) is 30.3 Å². The number of fused-ring (bicyclic) bond motifs is 1. The van der Waals surface area contributed by atoms with Crippen LogP contribution in [0.3, 0.4) is 0 Å². The van der Waals surface area contributed by atoms with Gasteiger partial charge in [0.05, 0.1) is 5.56 Å². The fourth-order valence-corrected chi connectivity index (χ4v) is 2.77. The molecule has 1 aliphatic heterocycles. The minimum atomic E-state index is -4.36. The van der Waals surface area contributed by atoms with E-state index in [4.69, 9.17) is 4.74 Å². The van der Waals surface area contributed by atoms with E-state index in [0.717, 1.165) is 5.56 Å². The summed E-state index contributed by atoms with van der Waals surface area (Å²) >= 11 is 0. The molecule has 2 nitrogen and oxygen atoms in total. The van der Waals surface area contributed by atoms with Crippen LogP contribution in [0.15, 0.2) is 42.5 Å². The van der Waals surface area contributed by atoms with Crippen molar-refractivity contribution < 1.29 is 17.9 Å². The monoisotopic (exact) mass is 307 g/mol. The summed E-state index contributed by atoms with van der Waals surface area (Å²) in [4.78, 5) is 0. The average molecular weight is 307 g/mol. The first-order valence-electron chi connectivity index (χ1n) is 7.10. The third-order valence-corrected chi connectivity index (χ3v) is 3.74. The molecule has 0 spiro atoms. The molecule has 0 amide bonds. The van der Waals surface area contributed by atoms with Gasteiger partial charge in [-0.2, -0.15) is 13.2 Å². The molecule has 116 valence electrons. The summed E-state index contributed by atoms with van der Waals surface area (Å²) in [6.07, 6.45) is -4.01. The van der Waals surface area contributed by atoms with E-state index in [-0.39, 0.29) is 6.10 Å². The van der Waals surface area contributed by atoms with Crippen LogP contribution in [-0.4, -0.2) is 19.7 Å². The Morgan fingerprint density at radius 1 is 1.18 bits per heavy atom. The van der Waals surface area contributed by atoms with Gasteiger partial charge in [0, 0.05) is 18.5 Å². The summed E-state index contributed by atoms with van der Waals surface area (Å²) in [5, 5.41) is 3.00. The van der Waals surface area contributed by atoms with E-state index in [0.29, 0.717) is 29.8 Å². The van der Waals surface area contributed by atoms with E-state index in [2.05, 4.69) is 5.32 Å². The molecular weight excluding hydrogens is 291 g/mol. The predicted molar refractivity (Wildman–Crippen MR) is 78.9 cm³/mol. The van der Waals surface area contributed by atoms with Gasteiger partial charge in [0.1, 0.15) is 11.9 Å². The number of rotatable bonds is 3. The Morgan fingerprint density at radius 2 is 1.91 bits per heavy atom. The summed E-state index contributed by atoms with van der Waals surface area (Å²) in [7, 11) is 1.80. The first-order valence-corrected chi connectivity index (χ1v) is 7.10. The number of nitrogens with one attached hydrogen (secondary N) is 1. The second-order valence-electron chi connectivity index (χ2n) is 5.38. The zero-order valence-corrected chi connectivity index (χ0v) is 12.1. The predicted octanol–water partition coefficient (Wildman–Crippen LogP) is 3.90. The lowest BCUT2D eigenvalue weighted by atomic mass is 9.97. The first-order chi connectivity index (χ1) is 10.5. The van der Waals surface area contributed by atoms with Crippen LogP contribution < -0.4 is 10.1 Å². The van der Waals surface area contributed by atoms with E-state index >= 15 is 0 Å². The van der Waals surface area contributed by atoms with Crippen molar-refractivity contribution in [2.24, 2.45) is 0 Å². The van der Waals surface area contributed by atoms with Crippen LogP contribution in [-0.2, 0) is 12.6 Å². The Balaban J connectivity index is 2.11. The Hall–Kier alpha value is -2.01. The van der Waals surface area contributed by atoms with E-state index in [1.165, 1.54) is 12.1 Å². The maximum Gasteiger partial charge on any atom is 0.416 e. The summed E-state index contributed by atoms with van der Waals surface area (Å²) in [6, 6.07) is 11.4. The Bertz CT molecular complexity index is 668. The zero-order chi connectivity index (χ0) is 15.7. The quantitative estimate of drug-likeness (QED) is 0.928. The van der Waals surface area contributed by atoms with Crippen LogP contribution in [0, 0.1) is 0 Å². The summed E-state index contributed by atoms with van der Waals surface area (Å²) in [5.41, 5.74) is 1.23. The molecule has 1 unspecified atom stereocenters. The molecule has 0 saturated heterocycles. The average Bonchev–Trinajstić information content (AvgIpc) is 2.89. The van der Waals surface area contributed by atoms with Crippen molar-refractivity contribution in [2.75, 3.05) is 13.6 Å². The molecular formula is C17H16F3NO. The highest BCUT2D eigenvalue weighted by atomic mass is 19.4. The number of ether oxygens (including phenoxy) is 1. The number of hydrogen-bond acceptors (Lipinski definition) is 2. The van der Waals surface area contributed by atoms with Crippen molar-refractivity contribution in [1.82, 2.24) is 5.32 Å². The van der Waals surface area contributed by atoms with Crippen molar-refractivity contribution in [3.05, 3.63) is 53.6 Å². The van der Waals surface area contributed by atoms with Crippen molar-refractivity contribution in [2.45, 2.75) is 18.7 Å². The Morgan fingerprint density at radius 3 is 2.55 bits per heavy atom. The van der Waals surface area contributed by atoms with Gasteiger partial charge in [0.15, 0.2) is 0 Å². The molecule has 0 fully saturated rings. The molecule has 1 aliphatic rings. The number of alkyl halides is 3. The van der Waals surface area contributed by atoms with Gasteiger partial charge in [0.25, 0.3) is 0 Å². The second kappa shape index (κ2) is 5.65. The van der Waals surface area contributed by atoms with Gasteiger partial charge in [-0.3, -0.25) is 0 Å². The molecule has 2 aromatic rings. The highest BCUT2D eigenvalue weighted by molar-refractivity contribution is 5.74. The number of halogens is 3. The molecule has 0 radical (unpaired) electrons. The van der Waals surface area contributed by atoms with Crippen LogP contribution in [0.25, 0.3) is 11.1 Å². The molecule has 1 N–H and O–H groups in total. The van der Waals surface area contributed by atoms with Crippen LogP contribution >= 0.6 is 0 Å². The molecule has 0 saturated carbocycles. The van der Waals surface area contributed by atoms with Gasteiger partial charge in [0.2, 0.25) is 0 Å². The maximum atomic E-state index is 13.1. The molecule has 1 heterocycles. The number of benzene rings is 2. The Kier molecular flexibility index (Phi) is 3.83. The normalized spacial score (nSPS) is 17.2. The topological polar surface area (TPSA) is 21.3 Å². The smallest absolute Gasteiger partial charge is 0.416 e. The van der Waals surface area contributed by atoms with Crippen molar-refractivity contribution in [3.8, 4) is 16.9 Å². The highest BCUT2D eigenvalue weighted by Gasteiger charge is 2.35. The lowest BCUT2D eigenvalue weighted by Crippen LogP contribution is -2.27. The summed E-state index contributed by atoms with van der Waals surface area (Å²) in [5.74, 6) is 0.569. The Labute approximate surface area is 126 Å². The molecule has 2 aromatic carbocycles. The summed E-state index contributed by atoms with van der Waals surface area (Å²) in [6.45, 7) is 0.601. The van der Waals surface area contributed by atoms with E-state index in [9.17, 15) is 13.2 Å². The largest absolute Gasteiger partial charge is 0.488 e. The van der Waals surface area contributed by atoms with Crippen LogP contribution in [0.5, 0.6) is 5.75 Å². The van der Waals surface area contributed by atoms with Gasteiger partial charge in [-0.25, -0.2) is 0 Å². The van der Waals surface area contributed by atoms with Crippen LogP contribution in [0.4, 0.5) is 13.2 Å². The maximum absolute atomic E-state index is 13.1. The van der Waals surface area contributed by atoms with Crippen molar-refractivity contribution >= 4 is 0 Å². The standard InChI is InChI=1S/C17H16F3NO/c1-21-10-14-8-12-7-13(17(18,19)20)9-15(16(12)22-14)11-5-3-2-4-6-11/h2-7,9,14,21H,8,10H2,1H3. The lowest BCUT2D eigenvalue weighted by Gasteiger charge is -2.14. The zero-order valence-electron chi connectivity index (χ0n) is 12.1. The fraction of sp³-hybridized carbons (Fsp3) is 0.294. The number of hydrogen-bond donors (Lipinski definition) is 1. The molecule has 0 bridgehead atoms. The first kappa shape index (κ1) is 14.9. The summed E-state index contributed by atoms with van der Waals surface area (Å²) < 4.78 is 45.3. The highest BCUT2D eigenvalue weighted by Crippen LogP contribution is 2.43. The molecule has 1 atom stereocenters. The van der Waals surface area contributed by atoms with E-state index in [1.807, 2.05) is 18.2 Å². The molecule has 5 heteroatoms. The van der Waals surface area contributed by atoms with Crippen LogP contribution in [0.1, 0.15) is 11.1 Å². The van der Waals surface area contributed by atoms with E-state index in [1.54, 1.807) is 19.2 Å². The van der Waals surface area contributed by atoms with Crippen LogP contribution in [0.2, 0.25) is 0 Å². The molecule has 22 heavy (non-hydrogen) atoms. The molecule has 0 aliphatic carbocycles. The molecule has 3 rings (SSSR count). The number of likely N-dealkylation sites (N-methyl/N-ethyl adjacent to an activating group) is 1. The van der Waals surface area contributed by atoms with Gasteiger partial charge < -0.3 is 10.1 Å². The van der Waals surface area contributed by atoms with E-state index < -0.39 is 11.7 Å². The minimum absolute atomic E-state index is 0.133. The van der Waals surface area contributed by atoms with Gasteiger partial charge in [-0.1, -0.05) is 30.3 Å². The molecule has 0 aromatic heterocycles. The SMILES string of the molecule is CNCC1Cc2cc(C(F)(F)F)cc(-c3ccccc3)c2O1. The minimum Gasteiger partial charge on any atom is -0.488 e. The second-order valence-corrected chi connectivity index (χ2v) is 5.38. The fourth-order valence-electron chi connectivity index (χ4n) is 2.77. The third-order valence-electron chi connectivity index (χ3n) is 3.74.